The van der Waals surface area contributed by atoms with E-state index in [0.29, 0.717) is 5.75 Å². The Morgan fingerprint density at radius 1 is 1.63 bits per heavy atom. The van der Waals surface area contributed by atoms with Gasteiger partial charge in [-0.05, 0) is 13.2 Å². The molecule has 0 aliphatic carbocycles. The fourth-order valence-electron chi connectivity index (χ4n) is 1.44. The lowest BCUT2D eigenvalue weighted by atomic mass is 10.1. The zero-order valence-corrected chi connectivity index (χ0v) is 11.7. The first-order chi connectivity index (χ1) is 8.91. The van der Waals surface area contributed by atoms with Crippen molar-refractivity contribution in [3.05, 3.63) is 16.4 Å². The van der Waals surface area contributed by atoms with Gasteiger partial charge in [0.05, 0.1) is 17.6 Å². The second-order valence-electron chi connectivity index (χ2n) is 4.12. The molecule has 9 heteroatoms. The van der Waals surface area contributed by atoms with Gasteiger partial charge in [0.1, 0.15) is 6.33 Å². The van der Waals surface area contributed by atoms with Gasteiger partial charge in [0.15, 0.2) is 0 Å². The molecule has 0 saturated carbocycles. The summed E-state index contributed by atoms with van der Waals surface area (Å²) in [5.41, 5.74) is -1.34. The third kappa shape index (κ3) is 4.21. The SMILES string of the molecule is COc1ncnc(NCC(C)(O)CSC)c1[N+](=O)[O-]. The van der Waals surface area contributed by atoms with Crippen LogP contribution in [0.5, 0.6) is 5.88 Å². The van der Waals surface area contributed by atoms with Crippen molar-refractivity contribution >= 4 is 23.3 Å². The maximum atomic E-state index is 11.0. The first-order valence-electron chi connectivity index (χ1n) is 5.40. The lowest BCUT2D eigenvalue weighted by molar-refractivity contribution is -0.385. The van der Waals surface area contributed by atoms with Crippen LogP contribution in [0.15, 0.2) is 6.33 Å². The van der Waals surface area contributed by atoms with Gasteiger partial charge in [0, 0.05) is 12.3 Å². The van der Waals surface area contributed by atoms with Crippen LogP contribution in [0.25, 0.3) is 0 Å². The van der Waals surface area contributed by atoms with Crippen molar-refractivity contribution in [2.75, 3.05) is 31.0 Å². The number of hydrogen-bond acceptors (Lipinski definition) is 8. The zero-order valence-electron chi connectivity index (χ0n) is 10.9. The summed E-state index contributed by atoms with van der Waals surface area (Å²) >= 11 is 1.48. The molecule has 106 valence electrons. The van der Waals surface area contributed by atoms with E-state index < -0.39 is 10.5 Å². The highest BCUT2D eigenvalue weighted by atomic mass is 32.2. The summed E-state index contributed by atoms with van der Waals surface area (Å²) in [4.78, 5) is 17.9. The molecular formula is C10H16N4O4S. The summed E-state index contributed by atoms with van der Waals surface area (Å²) in [6.45, 7) is 1.77. The predicted molar refractivity (Wildman–Crippen MR) is 72.7 cm³/mol. The molecule has 0 aliphatic heterocycles. The molecule has 1 rings (SSSR count). The highest BCUT2D eigenvalue weighted by molar-refractivity contribution is 7.98. The first kappa shape index (κ1) is 15.4. The van der Waals surface area contributed by atoms with Gasteiger partial charge in [-0.15, -0.1) is 0 Å². The lowest BCUT2D eigenvalue weighted by Crippen LogP contribution is -2.36. The summed E-state index contributed by atoms with van der Waals surface area (Å²) in [5, 5.41) is 23.8. The Balaban J connectivity index is 2.92. The van der Waals surface area contributed by atoms with Crippen LogP contribution in [-0.2, 0) is 0 Å². The summed E-state index contributed by atoms with van der Waals surface area (Å²) in [7, 11) is 1.29. The molecule has 2 N–H and O–H groups in total. The van der Waals surface area contributed by atoms with E-state index in [1.165, 1.54) is 18.9 Å². The third-order valence-electron chi connectivity index (χ3n) is 2.26. The molecule has 1 unspecified atom stereocenters. The fourth-order valence-corrected chi connectivity index (χ4v) is 2.17. The van der Waals surface area contributed by atoms with Crippen LogP contribution in [0.3, 0.4) is 0 Å². The van der Waals surface area contributed by atoms with E-state index in [1.54, 1.807) is 6.92 Å². The number of thioether (sulfide) groups is 1. The number of rotatable bonds is 7. The second kappa shape index (κ2) is 6.53. The average Bonchev–Trinajstić information content (AvgIpc) is 2.35. The molecule has 1 aromatic heterocycles. The number of ether oxygens (including phenoxy) is 1. The second-order valence-corrected chi connectivity index (χ2v) is 4.99. The quantitative estimate of drug-likeness (QED) is 0.563. The molecule has 0 amide bonds. The van der Waals surface area contributed by atoms with Gasteiger partial charge in [-0.2, -0.15) is 16.7 Å². The van der Waals surface area contributed by atoms with Crippen molar-refractivity contribution in [3.63, 3.8) is 0 Å². The number of hydrogen-bond donors (Lipinski definition) is 2. The fraction of sp³-hybridized carbons (Fsp3) is 0.600. The minimum absolute atomic E-state index is 0.0261. The largest absolute Gasteiger partial charge is 0.476 e. The molecule has 0 bridgehead atoms. The molecular weight excluding hydrogens is 272 g/mol. The van der Waals surface area contributed by atoms with E-state index in [0.717, 1.165) is 6.33 Å². The summed E-state index contributed by atoms with van der Waals surface area (Å²) in [5.74, 6) is 0.404. The number of aliphatic hydroxyl groups is 1. The third-order valence-corrected chi connectivity index (χ3v) is 3.17. The van der Waals surface area contributed by atoms with Crippen LogP contribution in [0.1, 0.15) is 6.92 Å². The minimum Gasteiger partial charge on any atom is -0.476 e. The molecule has 0 radical (unpaired) electrons. The van der Waals surface area contributed by atoms with Crippen LogP contribution in [0.2, 0.25) is 0 Å². The molecule has 1 aromatic rings. The van der Waals surface area contributed by atoms with Crippen molar-refractivity contribution in [3.8, 4) is 5.88 Å². The van der Waals surface area contributed by atoms with E-state index in [-0.39, 0.29) is 23.9 Å². The maximum Gasteiger partial charge on any atom is 0.372 e. The average molecular weight is 288 g/mol. The molecule has 19 heavy (non-hydrogen) atoms. The highest BCUT2D eigenvalue weighted by Gasteiger charge is 2.26. The molecule has 1 atom stereocenters. The van der Waals surface area contributed by atoms with Gasteiger partial charge >= 0.3 is 5.69 Å². The molecule has 0 saturated heterocycles. The smallest absolute Gasteiger partial charge is 0.372 e. The van der Waals surface area contributed by atoms with E-state index in [2.05, 4.69) is 15.3 Å². The summed E-state index contributed by atoms with van der Waals surface area (Å²) < 4.78 is 4.83. The maximum absolute atomic E-state index is 11.0. The Bertz CT molecular complexity index is 455. The van der Waals surface area contributed by atoms with Crippen LogP contribution < -0.4 is 10.1 Å². The van der Waals surface area contributed by atoms with Gasteiger partial charge in [-0.25, -0.2) is 4.98 Å². The van der Waals surface area contributed by atoms with E-state index in [4.69, 9.17) is 4.74 Å². The summed E-state index contributed by atoms with van der Waals surface area (Å²) in [6, 6.07) is 0. The monoisotopic (exact) mass is 288 g/mol. The van der Waals surface area contributed by atoms with Crippen molar-refractivity contribution in [1.29, 1.82) is 0 Å². The van der Waals surface area contributed by atoms with Gasteiger partial charge in [0.25, 0.3) is 5.88 Å². The highest BCUT2D eigenvalue weighted by Crippen LogP contribution is 2.30. The number of methoxy groups -OCH3 is 1. The van der Waals surface area contributed by atoms with Crippen molar-refractivity contribution in [2.24, 2.45) is 0 Å². The lowest BCUT2D eigenvalue weighted by Gasteiger charge is -2.22. The van der Waals surface area contributed by atoms with Crippen LogP contribution in [0, 0.1) is 10.1 Å². The molecule has 0 aliphatic rings. The number of anilines is 1. The molecule has 0 fully saturated rings. The van der Waals surface area contributed by atoms with Crippen LogP contribution in [-0.4, -0.2) is 51.3 Å². The summed E-state index contributed by atoms with van der Waals surface area (Å²) in [6.07, 6.45) is 3.03. The van der Waals surface area contributed by atoms with Crippen molar-refractivity contribution in [2.45, 2.75) is 12.5 Å². The predicted octanol–water partition coefficient (Wildman–Crippen LogP) is 0.919. The Hall–Kier alpha value is -1.61. The van der Waals surface area contributed by atoms with E-state index >= 15 is 0 Å². The molecule has 0 aromatic carbocycles. The van der Waals surface area contributed by atoms with E-state index in [1.807, 2.05) is 6.26 Å². The molecule has 8 nitrogen and oxygen atoms in total. The number of nitro groups is 1. The molecule has 0 spiro atoms. The van der Waals surface area contributed by atoms with Gasteiger partial charge in [0.2, 0.25) is 5.82 Å². The first-order valence-corrected chi connectivity index (χ1v) is 6.79. The number of nitrogens with one attached hydrogen (secondary N) is 1. The number of aromatic nitrogens is 2. The van der Waals surface area contributed by atoms with Gasteiger partial charge in [-0.3, -0.25) is 10.1 Å². The van der Waals surface area contributed by atoms with Gasteiger partial charge < -0.3 is 15.2 Å². The standard InChI is InChI=1S/C10H16N4O4S/c1-10(15,5-19-3)4-11-8-7(14(16)17)9(18-2)13-6-12-8/h6,15H,4-5H2,1-3H3,(H,11,12,13). The normalized spacial score (nSPS) is 13.7. The van der Waals surface area contributed by atoms with Gasteiger partial charge in [-0.1, -0.05) is 0 Å². The van der Waals surface area contributed by atoms with Crippen molar-refractivity contribution in [1.82, 2.24) is 9.97 Å². The topological polar surface area (TPSA) is 110 Å². The Kier molecular flexibility index (Phi) is 5.31. The Morgan fingerprint density at radius 2 is 2.32 bits per heavy atom. The van der Waals surface area contributed by atoms with Crippen molar-refractivity contribution < 1.29 is 14.8 Å². The molecule has 1 heterocycles. The van der Waals surface area contributed by atoms with Crippen LogP contribution in [0.4, 0.5) is 11.5 Å². The Morgan fingerprint density at radius 3 is 2.84 bits per heavy atom. The Labute approximate surface area is 114 Å². The van der Waals surface area contributed by atoms with E-state index in [9.17, 15) is 15.2 Å². The number of nitrogens with zero attached hydrogens (tertiary/aromatic N) is 3. The van der Waals surface area contributed by atoms with Crippen LogP contribution >= 0.6 is 11.8 Å². The minimum atomic E-state index is -0.995. The zero-order chi connectivity index (χ0) is 14.5.